The van der Waals surface area contributed by atoms with Gasteiger partial charge in [0.05, 0.1) is 12.7 Å². The van der Waals surface area contributed by atoms with Crippen molar-refractivity contribution in [3.63, 3.8) is 0 Å². The van der Waals surface area contributed by atoms with E-state index in [4.69, 9.17) is 21.7 Å². The molecule has 1 unspecified atom stereocenters. The van der Waals surface area contributed by atoms with Crippen molar-refractivity contribution in [2.45, 2.75) is 12.6 Å². The van der Waals surface area contributed by atoms with Crippen LogP contribution in [0.3, 0.4) is 0 Å². The number of nitrogens with one attached hydrogen (secondary N) is 1. The van der Waals surface area contributed by atoms with Crippen LogP contribution in [0.4, 0.5) is 11.4 Å². The Balaban J connectivity index is 2.46. The van der Waals surface area contributed by atoms with E-state index >= 15 is 0 Å². The third-order valence-corrected chi connectivity index (χ3v) is 2.07. The zero-order chi connectivity index (χ0) is 11.3. The molecule has 1 aromatic rings. The molecule has 1 aromatic carbocycles. The first-order valence-corrected chi connectivity index (χ1v) is 4.77. The van der Waals surface area contributed by atoms with E-state index in [9.17, 15) is 0 Å². The molecule has 1 atom stereocenters. The van der Waals surface area contributed by atoms with Crippen LogP contribution in [0.25, 0.3) is 0 Å². The Morgan fingerprint density at radius 1 is 1.33 bits per heavy atom. The van der Waals surface area contributed by atoms with Gasteiger partial charge in [-0.3, -0.25) is 0 Å². The summed E-state index contributed by atoms with van der Waals surface area (Å²) >= 11 is 0. The fourth-order valence-corrected chi connectivity index (χ4v) is 1.22. The molecule has 0 fully saturated rings. The normalized spacial score (nSPS) is 12.7. The number of nitrogens with two attached hydrogens (primary N) is 2. The van der Waals surface area contributed by atoms with E-state index in [0.29, 0.717) is 24.5 Å². The first kappa shape index (κ1) is 11.8. The Morgan fingerprint density at radius 2 is 2.07 bits per heavy atom. The standard InChI is InChI=1S/C10H17N3O2/c11-8-1-2-10(12)7(3-8)4-13-5-9(15)6-14/h1-3,9,13-15H,4-6,11-12H2. The van der Waals surface area contributed by atoms with Gasteiger partial charge in [-0.25, -0.2) is 0 Å². The van der Waals surface area contributed by atoms with Gasteiger partial charge >= 0.3 is 0 Å². The summed E-state index contributed by atoms with van der Waals surface area (Å²) in [5.74, 6) is 0. The van der Waals surface area contributed by atoms with E-state index in [0.717, 1.165) is 5.56 Å². The van der Waals surface area contributed by atoms with Crippen LogP contribution in [0.15, 0.2) is 18.2 Å². The molecule has 1 rings (SSSR count). The SMILES string of the molecule is Nc1ccc(N)c(CNCC(O)CO)c1. The van der Waals surface area contributed by atoms with Crippen molar-refractivity contribution < 1.29 is 10.2 Å². The number of hydrogen-bond acceptors (Lipinski definition) is 5. The molecule has 15 heavy (non-hydrogen) atoms. The first-order chi connectivity index (χ1) is 7.13. The lowest BCUT2D eigenvalue weighted by Gasteiger charge is -2.10. The molecule has 84 valence electrons. The van der Waals surface area contributed by atoms with Crippen molar-refractivity contribution in [1.82, 2.24) is 5.32 Å². The summed E-state index contributed by atoms with van der Waals surface area (Å²) in [6.07, 6.45) is -0.743. The lowest BCUT2D eigenvalue weighted by atomic mass is 10.1. The summed E-state index contributed by atoms with van der Waals surface area (Å²) in [5, 5.41) is 20.7. The van der Waals surface area contributed by atoms with Crippen LogP contribution in [0.5, 0.6) is 0 Å². The molecule has 0 aliphatic rings. The zero-order valence-corrected chi connectivity index (χ0v) is 8.48. The molecule has 0 amide bonds. The molecule has 0 spiro atoms. The van der Waals surface area contributed by atoms with Gasteiger partial charge in [0.15, 0.2) is 0 Å². The van der Waals surface area contributed by atoms with Gasteiger partial charge in [0.1, 0.15) is 0 Å². The third-order valence-electron chi connectivity index (χ3n) is 2.07. The highest BCUT2D eigenvalue weighted by atomic mass is 16.3. The van der Waals surface area contributed by atoms with Gasteiger partial charge in [0, 0.05) is 24.5 Å². The highest BCUT2D eigenvalue weighted by molar-refractivity contribution is 5.55. The summed E-state index contributed by atoms with van der Waals surface area (Å²) in [4.78, 5) is 0. The number of hydrogen-bond donors (Lipinski definition) is 5. The van der Waals surface area contributed by atoms with E-state index in [2.05, 4.69) is 5.32 Å². The molecule has 0 bridgehead atoms. The fraction of sp³-hybridized carbons (Fsp3) is 0.400. The minimum absolute atomic E-state index is 0.251. The lowest BCUT2D eigenvalue weighted by molar-refractivity contribution is 0.0942. The molecule has 0 aromatic heterocycles. The van der Waals surface area contributed by atoms with Gasteiger partial charge in [0.25, 0.3) is 0 Å². The predicted molar refractivity (Wildman–Crippen MR) is 60.1 cm³/mol. The second kappa shape index (κ2) is 5.55. The maximum absolute atomic E-state index is 9.09. The molecular weight excluding hydrogens is 194 g/mol. The van der Waals surface area contributed by atoms with Crippen LogP contribution in [0, 0.1) is 0 Å². The third kappa shape index (κ3) is 3.75. The van der Waals surface area contributed by atoms with Crippen LogP contribution in [0.2, 0.25) is 0 Å². The minimum atomic E-state index is -0.743. The van der Waals surface area contributed by atoms with Gasteiger partial charge in [0.2, 0.25) is 0 Å². The molecule has 0 radical (unpaired) electrons. The number of aliphatic hydroxyl groups is 2. The first-order valence-electron chi connectivity index (χ1n) is 4.77. The van der Waals surface area contributed by atoms with E-state index in [1.54, 1.807) is 18.2 Å². The van der Waals surface area contributed by atoms with Crippen molar-refractivity contribution in [2.24, 2.45) is 0 Å². The highest BCUT2D eigenvalue weighted by Gasteiger charge is 2.03. The Hall–Kier alpha value is -1.30. The average molecular weight is 211 g/mol. The van der Waals surface area contributed by atoms with Crippen LogP contribution in [0.1, 0.15) is 5.56 Å². The summed E-state index contributed by atoms with van der Waals surface area (Å²) in [6, 6.07) is 5.27. The zero-order valence-electron chi connectivity index (χ0n) is 8.48. The van der Waals surface area contributed by atoms with Crippen LogP contribution < -0.4 is 16.8 Å². The van der Waals surface area contributed by atoms with E-state index in [-0.39, 0.29) is 6.61 Å². The van der Waals surface area contributed by atoms with Crippen LogP contribution in [-0.4, -0.2) is 29.5 Å². The van der Waals surface area contributed by atoms with Crippen molar-refractivity contribution in [3.8, 4) is 0 Å². The summed E-state index contributed by atoms with van der Waals surface area (Å²) < 4.78 is 0. The monoisotopic (exact) mass is 211 g/mol. The van der Waals surface area contributed by atoms with Crippen molar-refractivity contribution in [3.05, 3.63) is 23.8 Å². The van der Waals surface area contributed by atoms with Crippen molar-refractivity contribution in [1.29, 1.82) is 0 Å². The fourth-order valence-electron chi connectivity index (χ4n) is 1.22. The maximum Gasteiger partial charge on any atom is 0.0895 e. The van der Waals surface area contributed by atoms with Crippen molar-refractivity contribution >= 4 is 11.4 Å². The van der Waals surface area contributed by atoms with Crippen molar-refractivity contribution in [2.75, 3.05) is 24.6 Å². The molecule has 0 saturated carbocycles. The molecule has 0 aliphatic carbocycles. The van der Waals surface area contributed by atoms with E-state index < -0.39 is 6.10 Å². The summed E-state index contributed by atoms with van der Waals surface area (Å²) in [7, 11) is 0. The Labute approximate surface area is 88.7 Å². The molecule has 5 heteroatoms. The predicted octanol–water partition coefficient (Wildman–Crippen LogP) is -0.706. The van der Waals surface area contributed by atoms with E-state index in [1.807, 2.05) is 0 Å². The lowest BCUT2D eigenvalue weighted by Crippen LogP contribution is -2.29. The number of anilines is 2. The quantitative estimate of drug-likeness (QED) is 0.414. The van der Waals surface area contributed by atoms with Gasteiger partial charge < -0.3 is 27.0 Å². The molecule has 7 N–H and O–H groups in total. The van der Waals surface area contributed by atoms with Gasteiger partial charge in [-0.05, 0) is 23.8 Å². The Morgan fingerprint density at radius 3 is 2.73 bits per heavy atom. The average Bonchev–Trinajstić information content (AvgIpc) is 2.23. The molecule has 5 nitrogen and oxygen atoms in total. The number of benzene rings is 1. The topological polar surface area (TPSA) is 105 Å². The van der Waals surface area contributed by atoms with E-state index in [1.165, 1.54) is 0 Å². The minimum Gasteiger partial charge on any atom is -0.399 e. The van der Waals surface area contributed by atoms with Gasteiger partial charge in [-0.2, -0.15) is 0 Å². The molecule has 0 aliphatic heterocycles. The molecule has 0 heterocycles. The molecule has 0 saturated heterocycles. The largest absolute Gasteiger partial charge is 0.399 e. The maximum atomic E-state index is 9.09. The van der Waals surface area contributed by atoms with Crippen LogP contribution >= 0.6 is 0 Å². The number of nitrogen functional groups attached to an aromatic ring is 2. The number of aliphatic hydroxyl groups excluding tert-OH is 2. The van der Waals surface area contributed by atoms with Crippen LogP contribution in [-0.2, 0) is 6.54 Å². The summed E-state index contributed by atoms with van der Waals surface area (Å²) in [5.41, 5.74) is 13.6. The Kier molecular flexibility index (Phi) is 4.36. The summed E-state index contributed by atoms with van der Waals surface area (Å²) in [6.45, 7) is 0.595. The Bertz CT molecular complexity index is 318. The highest BCUT2D eigenvalue weighted by Crippen LogP contribution is 2.14. The second-order valence-corrected chi connectivity index (χ2v) is 3.43. The smallest absolute Gasteiger partial charge is 0.0895 e. The number of rotatable bonds is 5. The van der Waals surface area contributed by atoms with Gasteiger partial charge in [-0.15, -0.1) is 0 Å². The molecular formula is C10H17N3O2. The van der Waals surface area contributed by atoms with Gasteiger partial charge in [-0.1, -0.05) is 0 Å². The second-order valence-electron chi connectivity index (χ2n) is 3.43.